The van der Waals surface area contributed by atoms with E-state index in [0.717, 1.165) is 63.1 Å². The lowest BCUT2D eigenvalue weighted by atomic mass is 9.85. The molecule has 1 saturated carbocycles. The molecule has 0 heterocycles. The first-order valence-electron chi connectivity index (χ1n) is 26.4. The fraction of sp³-hybridized carbons (Fsp3) is 0.611. The van der Waals surface area contributed by atoms with Crippen LogP contribution in [0, 0.1) is 0 Å². The van der Waals surface area contributed by atoms with Gasteiger partial charge in [-0.25, -0.2) is 9.13 Å². The molecule has 0 aromatic rings. The van der Waals surface area contributed by atoms with E-state index < -0.39 is 107 Å². The van der Waals surface area contributed by atoms with Gasteiger partial charge in [-0.3, -0.25) is 28.0 Å². The molecule has 1 unspecified atom stereocenters. The van der Waals surface area contributed by atoms with Gasteiger partial charge in [0.25, 0.3) is 0 Å². The van der Waals surface area contributed by atoms with Crippen molar-refractivity contribution in [3.63, 3.8) is 0 Å². The van der Waals surface area contributed by atoms with Gasteiger partial charge in [-0.15, -0.1) is 11.8 Å². The van der Waals surface area contributed by atoms with Crippen molar-refractivity contribution in [1.29, 1.82) is 0 Å². The highest BCUT2D eigenvalue weighted by atomic mass is 32.2. The third kappa shape index (κ3) is 36.3. The number of thioether (sulfide) groups is 1. The van der Waals surface area contributed by atoms with E-state index in [1.165, 1.54) is 25.7 Å². The average molecular weight is 1150 g/mol. The van der Waals surface area contributed by atoms with Gasteiger partial charge in [0, 0.05) is 23.8 Å². The second kappa shape index (κ2) is 43.2. The molecule has 0 bridgehead atoms. The molecule has 1 aliphatic carbocycles. The summed E-state index contributed by atoms with van der Waals surface area (Å²) >= 11 is 1.06. The van der Waals surface area contributed by atoms with Gasteiger partial charge in [-0.05, 0) is 77.0 Å². The van der Waals surface area contributed by atoms with Gasteiger partial charge in [-0.2, -0.15) is 0 Å². The Bertz CT molecular complexity index is 2020. The molecule has 0 aromatic heterocycles. The van der Waals surface area contributed by atoms with Crippen molar-refractivity contribution in [3.8, 4) is 0 Å². The molecule has 1 aliphatic rings. The monoisotopic (exact) mass is 1150 g/mol. The van der Waals surface area contributed by atoms with Gasteiger partial charge < -0.3 is 60.5 Å². The predicted molar refractivity (Wildman–Crippen MR) is 297 cm³/mol. The number of phosphoric acid groups is 2. The summed E-state index contributed by atoms with van der Waals surface area (Å²) in [5, 5.41) is 60.6. The first-order valence-corrected chi connectivity index (χ1v) is 30.4. The number of carboxylic acids is 1. The maximum atomic E-state index is 13.4. The molecular weight excluding hydrogens is 1060 g/mol. The number of hydrogen-bond donors (Lipinski definition) is 10. The number of carboxylic acid groups (broad SMARTS) is 1. The Morgan fingerprint density at radius 2 is 1.10 bits per heavy atom. The maximum Gasteiger partial charge on any atom is 0.472 e. The Labute approximate surface area is 459 Å². The van der Waals surface area contributed by atoms with Crippen LogP contribution >= 0.6 is 27.4 Å². The summed E-state index contributed by atoms with van der Waals surface area (Å²) in [6.07, 6.45) is 32.2. The van der Waals surface area contributed by atoms with E-state index in [-0.39, 0.29) is 37.9 Å². The highest BCUT2D eigenvalue weighted by Gasteiger charge is 2.54. The molecule has 438 valence electrons. The van der Waals surface area contributed by atoms with Gasteiger partial charge in [-0.1, -0.05) is 149 Å². The second-order valence-electron chi connectivity index (χ2n) is 18.1. The van der Waals surface area contributed by atoms with E-state index >= 15 is 0 Å². The van der Waals surface area contributed by atoms with Gasteiger partial charge in [0.1, 0.15) is 49.3 Å². The van der Waals surface area contributed by atoms with Gasteiger partial charge in [0.15, 0.2) is 6.10 Å². The van der Waals surface area contributed by atoms with Crippen molar-refractivity contribution in [2.45, 2.75) is 190 Å². The van der Waals surface area contributed by atoms with E-state index in [2.05, 4.69) is 67.0 Å². The quantitative estimate of drug-likeness (QED) is 0.00914. The molecule has 0 spiro atoms. The number of allylic oxidation sites excluding steroid dienone is 17. The summed E-state index contributed by atoms with van der Waals surface area (Å²) in [5.74, 6) is -3.07. The Morgan fingerprint density at radius 1 is 0.610 bits per heavy atom. The molecule has 0 saturated heterocycles. The normalized spacial score (nSPS) is 22.2. The summed E-state index contributed by atoms with van der Waals surface area (Å²) in [5.41, 5.74) is 6.21. The number of carbonyl (C=O) groups is 3. The van der Waals surface area contributed by atoms with Crippen LogP contribution in [0.4, 0.5) is 0 Å². The average Bonchev–Trinajstić information content (AvgIpc) is 3.38. The zero-order valence-corrected chi connectivity index (χ0v) is 47.1. The summed E-state index contributed by atoms with van der Waals surface area (Å²) in [7, 11) is -11.1. The van der Waals surface area contributed by atoms with E-state index in [1.807, 2.05) is 30.4 Å². The Hall–Kier alpha value is -3.60. The lowest BCUT2D eigenvalue weighted by Gasteiger charge is -2.43. The van der Waals surface area contributed by atoms with Crippen LogP contribution in [0.1, 0.15) is 129 Å². The van der Waals surface area contributed by atoms with Crippen molar-refractivity contribution in [2.24, 2.45) is 5.73 Å². The topological polar surface area (TPSA) is 340 Å². The van der Waals surface area contributed by atoms with Crippen LogP contribution in [0.3, 0.4) is 0 Å². The number of phosphoric ester groups is 2. The van der Waals surface area contributed by atoms with Gasteiger partial charge in [0.05, 0.1) is 12.7 Å². The summed E-state index contributed by atoms with van der Waals surface area (Å²) in [4.78, 5) is 66.8. The molecule has 11 N–H and O–H groups in total. The van der Waals surface area contributed by atoms with Crippen LogP contribution in [0.25, 0.3) is 0 Å². The largest absolute Gasteiger partial charge is 0.481 e. The first kappa shape index (κ1) is 71.4. The number of unbranched alkanes of at least 4 members (excludes halogenated alkanes) is 6. The van der Waals surface area contributed by atoms with Crippen molar-refractivity contribution in [3.05, 3.63) is 109 Å². The zero-order chi connectivity index (χ0) is 57.3. The predicted octanol–water partition coefficient (Wildman–Crippen LogP) is 7.82. The van der Waals surface area contributed by atoms with Gasteiger partial charge in [0.2, 0.25) is 0 Å². The number of aliphatic carboxylic acids is 1. The highest BCUT2D eigenvalue weighted by molar-refractivity contribution is 8.00. The molecule has 0 aliphatic heterocycles. The molecule has 0 amide bonds. The number of ether oxygens (including phenoxy) is 2. The number of esters is 2. The molecule has 20 nitrogen and oxygen atoms in total. The van der Waals surface area contributed by atoms with Crippen LogP contribution in [0.15, 0.2) is 109 Å². The third-order valence-electron chi connectivity index (χ3n) is 11.3. The lowest BCUT2D eigenvalue weighted by molar-refractivity contribution is -0.216. The first-order chi connectivity index (χ1) is 36.7. The molecule has 0 radical (unpaired) electrons. The van der Waals surface area contributed by atoms with Gasteiger partial charge >= 0.3 is 33.6 Å². The molecule has 1 fully saturated rings. The fourth-order valence-corrected chi connectivity index (χ4v) is 9.73. The van der Waals surface area contributed by atoms with Crippen molar-refractivity contribution in [2.75, 3.05) is 19.0 Å². The molecule has 77 heavy (non-hydrogen) atoms. The highest BCUT2D eigenvalue weighted by Crippen LogP contribution is 2.50. The molecule has 1 rings (SSSR count). The van der Waals surface area contributed by atoms with E-state index in [4.69, 9.17) is 29.4 Å². The number of carbonyl (C=O) groups excluding carboxylic acids is 2. The standard InChI is InChI=1S/C54H87NO19P2S/c1-3-5-7-9-11-13-15-17-18-19-20-21-22-23-25-27-29-31-33-38-47(59)70-39-42(40-71-76(68,69)74-53-51(63)49(61)48(60)50(62)52(53)73-75(65,66)67)72-54(64)43(55)41-77-45(44(56)35-34-37-46(57)58)36-32-30-28-26-24-16-14-12-10-8-6-4-2/h11-14,17-18,20-21,23-26,28-32,36,42-45,48-53,56,60-63H,3-10,15-16,19,22,27,33-35,37-41,55H2,1-2H3,(H,57,58)(H,68,69)(H2,65,66,67)/b13-11-,14-12-,18-17-,21-20-,25-23-,26-24-,30-28+,31-29-,36-32+/t42-,43+,44+,45-,48+,49+,50-,51-,52-,53+/m1/s1. The maximum absolute atomic E-state index is 13.4. The Kier molecular flexibility index (Phi) is 40.1. The smallest absolute Gasteiger partial charge is 0.472 e. The van der Waals surface area contributed by atoms with E-state index in [1.54, 1.807) is 30.4 Å². The van der Waals surface area contributed by atoms with Crippen molar-refractivity contribution in [1.82, 2.24) is 0 Å². The van der Waals surface area contributed by atoms with E-state index in [0.29, 0.717) is 6.42 Å². The van der Waals surface area contributed by atoms with Crippen LogP contribution in [0.5, 0.6) is 0 Å². The minimum absolute atomic E-state index is 0.111. The molecular formula is C54H87NO19P2S. The molecule has 23 heteroatoms. The summed E-state index contributed by atoms with van der Waals surface area (Å²) < 4.78 is 49.9. The van der Waals surface area contributed by atoms with Crippen LogP contribution in [0.2, 0.25) is 0 Å². The molecule has 0 aromatic carbocycles. The lowest BCUT2D eigenvalue weighted by Crippen LogP contribution is -2.64. The summed E-state index contributed by atoms with van der Waals surface area (Å²) in [6.45, 7) is 2.53. The number of nitrogens with two attached hydrogens (primary N) is 1. The van der Waals surface area contributed by atoms with Crippen LogP contribution in [-0.2, 0) is 46.6 Å². The molecule has 11 atom stereocenters. The van der Waals surface area contributed by atoms with Crippen molar-refractivity contribution >= 4 is 45.3 Å². The Morgan fingerprint density at radius 3 is 1.62 bits per heavy atom. The fourth-order valence-electron chi connectivity index (χ4n) is 7.07. The number of aliphatic hydroxyl groups is 5. The zero-order valence-electron chi connectivity index (χ0n) is 44.5. The number of rotatable bonds is 43. The van der Waals surface area contributed by atoms with Crippen LogP contribution < -0.4 is 5.73 Å². The number of aliphatic hydroxyl groups excluding tert-OH is 5. The van der Waals surface area contributed by atoms with E-state index in [9.17, 15) is 63.7 Å². The minimum Gasteiger partial charge on any atom is -0.481 e. The second-order valence-corrected chi connectivity index (χ2v) is 21.9. The summed E-state index contributed by atoms with van der Waals surface area (Å²) in [6, 6.07) is -1.42. The Balaban J connectivity index is 3.04. The SMILES string of the molecule is CCCCC/C=C\C\C=C/C=C/C=C/[C@@H](SC[C@H](N)C(=O)O[C@H](COC(=O)CC/C=C\C/C=C\C/C=C\C/C=C\C/C=C\CCCCC)COP(=O)(O)O[C@H]1[C@H](O)[C@@H](O)[C@H](O)[C@@H](O)[C@H]1OP(=O)(O)O)[C@@H](O)CCCC(=O)O. The minimum atomic E-state index is -5.55. The number of hydrogen-bond acceptors (Lipinski definition) is 17. The van der Waals surface area contributed by atoms with Crippen molar-refractivity contribution < 1.29 is 91.9 Å². The van der Waals surface area contributed by atoms with Crippen LogP contribution in [-0.4, -0.2) is 142 Å². The third-order valence-corrected chi connectivity index (χ3v) is 14.2.